The predicted molar refractivity (Wildman–Crippen MR) is 79.0 cm³/mol. The van der Waals surface area contributed by atoms with E-state index in [-0.39, 0.29) is 0 Å². The number of pyridine rings is 1. The molecule has 0 amide bonds. The Morgan fingerprint density at radius 2 is 2.05 bits per heavy atom. The first-order chi connectivity index (χ1) is 9.43. The number of nitrogens with zero attached hydrogens (tertiary/aromatic N) is 1. The molecule has 0 saturated carbocycles. The van der Waals surface area contributed by atoms with Crippen LogP contribution in [0.5, 0.6) is 0 Å². The fourth-order valence-corrected chi connectivity index (χ4v) is 2.89. The molecule has 1 aromatic heterocycles. The van der Waals surface area contributed by atoms with Crippen molar-refractivity contribution >= 4 is 0 Å². The lowest BCUT2D eigenvalue weighted by Crippen LogP contribution is -2.30. The largest absolute Gasteiger partial charge is 0.316 e. The lowest BCUT2D eigenvalue weighted by atomic mass is 9.89. The molecule has 1 aliphatic rings. The smallest absolute Gasteiger partial charge is 0.0349 e. The van der Waals surface area contributed by atoms with E-state index in [9.17, 15) is 0 Å². The number of hydrogen-bond donors (Lipinski definition) is 1. The first-order valence-electron chi connectivity index (χ1n) is 7.12. The highest BCUT2D eigenvalue weighted by Crippen LogP contribution is 2.26. The maximum atomic E-state index is 4.30. The third kappa shape index (κ3) is 3.02. The summed E-state index contributed by atoms with van der Waals surface area (Å²) in [5.74, 6) is 0.763. The maximum absolute atomic E-state index is 4.30. The molecule has 0 spiro atoms. The van der Waals surface area contributed by atoms with Crippen molar-refractivity contribution in [1.29, 1.82) is 0 Å². The van der Waals surface area contributed by atoms with Gasteiger partial charge >= 0.3 is 0 Å². The van der Waals surface area contributed by atoms with Gasteiger partial charge in [-0.3, -0.25) is 4.98 Å². The van der Waals surface area contributed by atoms with Crippen LogP contribution in [0.3, 0.4) is 0 Å². The summed E-state index contributed by atoms with van der Waals surface area (Å²) in [6.07, 6.45) is 7.71. The van der Waals surface area contributed by atoms with Gasteiger partial charge in [-0.15, -0.1) is 0 Å². The molecule has 3 rings (SSSR count). The number of hydrogen-bond acceptors (Lipinski definition) is 2. The Morgan fingerprint density at radius 3 is 2.84 bits per heavy atom. The molecule has 1 saturated heterocycles. The molecule has 2 heteroatoms. The molecule has 2 nitrogen and oxygen atoms in total. The van der Waals surface area contributed by atoms with Crippen LogP contribution in [-0.2, 0) is 6.42 Å². The summed E-state index contributed by atoms with van der Waals surface area (Å²) in [7, 11) is 0. The van der Waals surface area contributed by atoms with Gasteiger partial charge < -0.3 is 5.32 Å². The first kappa shape index (κ1) is 12.4. The zero-order valence-electron chi connectivity index (χ0n) is 11.2. The zero-order valence-corrected chi connectivity index (χ0v) is 11.2. The van der Waals surface area contributed by atoms with Crippen molar-refractivity contribution in [2.45, 2.75) is 19.3 Å². The van der Waals surface area contributed by atoms with Crippen LogP contribution >= 0.6 is 0 Å². The lowest BCUT2D eigenvalue weighted by molar-refractivity contribution is 0.376. The standard InChI is InChI=1S/C17H20N2/c1-2-6-15(7-3-1)17-13-19-10-8-16(17)11-14-5-4-9-18-12-14/h1-3,6-8,10,13-14,18H,4-5,9,11-12H2. The van der Waals surface area contributed by atoms with Crippen LogP contribution in [0.25, 0.3) is 11.1 Å². The van der Waals surface area contributed by atoms with Crippen LogP contribution in [-0.4, -0.2) is 18.1 Å². The second kappa shape index (κ2) is 5.98. The van der Waals surface area contributed by atoms with Gasteiger partial charge in [0.25, 0.3) is 0 Å². The van der Waals surface area contributed by atoms with Crippen LogP contribution < -0.4 is 5.32 Å². The molecule has 19 heavy (non-hydrogen) atoms. The summed E-state index contributed by atoms with van der Waals surface area (Å²) in [6, 6.07) is 12.8. The summed E-state index contributed by atoms with van der Waals surface area (Å²) in [5, 5.41) is 3.50. The minimum Gasteiger partial charge on any atom is -0.316 e. The van der Waals surface area contributed by atoms with Gasteiger partial charge in [0.1, 0.15) is 0 Å². The van der Waals surface area contributed by atoms with Gasteiger partial charge in [-0.2, -0.15) is 0 Å². The molecule has 2 aromatic rings. The summed E-state index contributed by atoms with van der Waals surface area (Å²) < 4.78 is 0. The van der Waals surface area contributed by atoms with Gasteiger partial charge in [0, 0.05) is 18.0 Å². The monoisotopic (exact) mass is 252 g/mol. The van der Waals surface area contributed by atoms with Crippen molar-refractivity contribution < 1.29 is 0 Å². The van der Waals surface area contributed by atoms with Gasteiger partial charge in [-0.05, 0) is 55.5 Å². The van der Waals surface area contributed by atoms with Crippen molar-refractivity contribution in [3.63, 3.8) is 0 Å². The molecule has 98 valence electrons. The van der Waals surface area contributed by atoms with E-state index in [4.69, 9.17) is 0 Å². The van der Waals surface area contributed by atoms with Crippen LogP contribution in [0.2, 0.25) is 0 Å². The summed E-state index contributed by atoms with van der Waals surface area (Å²) in [4.78, 5) is 4.30. The van der Waals surface area contributed by atoms with E-state index in [1.807, 2.05) is 12.4 Å². The van der Waals surface area contributed by atoms with Crippen molar-refractivity contribution in [2.24, 2.45) is 5.92 Å². The van der Waals surface area contributed by atoms with Crippen LogP contribution in [0.1, 0.15) is 18.4 Å². The fourth-order valence-electron chi connectivity index (χ4n) is 2.89. The minimum absolute atomic E-state index is 0.763. The predicted octanol–water partition coefficient (Wildman–Crippen LogP) is 3.29. The van der Waals surface area contributed by atoms with Crippen LogP contribution in [0, 0.1) is 5.92 Å². The van der Waals surface area contributed by atoms with Gasteiger partial charge in [0.05, 0.1) is 0 Å². The van der Waals surface area contributed by atoms with E-state index in [1.165, 1.54) is 36.1 Å². The number of piperidine rings is 1. The number of nitrogens with one attached hydrogen (secondary N) is 1. The minimum atomic E-state index is 0.763. The Bertz CT molecular complexity index is 516. The van der Waals surface area contributed by atoms with Crippen molar-refractivity contribution in [1.82, 2.24) is 10.3 Å². The highest BCUT2D eigenvalue weighted by molar-refractivity contribution is 5.66. The second-order valence-corrected chi connectivity index (χ2v) is 5.32. The fraction of sp³-hybridized carbons (Fsp3) is 0.353. The quantitative estimate of drug-likeness (QED) is 0.906. The van der Waals surface area contributed by atoms with Crippen molar-refractivity contribution in [3.8, 4) is 11.1 Å². The number of rotatable bonds is 3. The summed E-state index contributed by atoms with van der Waals surface area (Å²) in [6.45, 7) is 2.33. The van der Waals surface area contributed by atoms with E-state index in [2.05, 4.69) is 46.7 Å². The molecule has 0 radical (unpaired) electrons. The molecule has 0 aliphatic carbocycles. The zero-order chi connectivity index (χ0) is 12.9. The normalized spacial score (nSPS) is 19.3. The molecule has 1 unspecified atom stereocenters. The first-order valence-corrected chi connectivity index (χ1v) is 7.12. The third-order valence-corrected chi connectivity index (χ3v) is 3.90. The van der Waals surface area contributed by atoms with Crippen molar-refractivity contribution in [2.75, 3.05) is 13.1 Å². The average molecular weight is 252 g/mol. The van der Waals surface area contributed by atoms with Crippen LogP contribution in [0.4, 0.5) is 0 Å². The molecule has 1 N–H and O–H groups in total. The van der Waals surface area contributed by atoms with Gasteiger partial charge in [0.15, 0.2) is 0 Å². The molecule has 1 aromatic carbocycles. The molecule has 1 fully saturated rings. The van der Waals surface area contributed by atoms with Gasteiger partial charge in [0.2, 0.25) is 0 Å². The van der Waals surface area contributed by atoms with Crippen molar-refractivity contribution in [3.05, 3.63) is 54.4 Å². The summed E-state index contributed by atoms with van der Waals surface area (Å²) >= 11 is 0. The SMILES string of the molecule is c1ccc(-c2cnccc2CC2CCCNC2)cc1. The van der Waals surface area contributed by atoms with Gasteiger partial charge in [-0.1, -0.05) is 30.3 Å². The molecule has 0 bridgehead atoms. The average Bonchev–Trinajstić information content (AvgIpc) is 2.50. The van der Waals surface area contributed by atoms with Gasteiger partial charge in [-0.25, -0.2) is 0 Å². The molecular weight excluding hydrogens is 232 g/mol. The summed E-state index contributed by atoms with van der Waals surface area (Å²) in [5.41, 5.74) is 3.98. The molecular formula is C17H20N2. The van der Waals surface area contributed by atoms with E-state index in [1.54, 1.807) is 0 Å². The maximum Gasteiger partial charge on any atom is 0.0349 e. The Balaban J connectivity index is 1.85. The molecule has 1 aliphatic heterocycles. The van der Waals surface area contributed by atoms with E-state index >= 15 is 0 Å². The molecule has 1 atom stereocenters. The second-order valence-electron chi connectivity index (χ2n) is 5.32. The lowest BCUT2D eigenvalue weighted by Gasteiger charge is -2.23. The molecule has 2 heterocycles. The van der Waals surface area contributed by atoms with E-state index < -0.39 is 0 Å². The Morgan fingerprint density at radius 1 is 1.16 bits per heavy atom. The number of benzene rings is 1. The van der Waals surface area contributed by atoms with Crippen LogP contribution in [0.15, 0.2) is 48.8 Å². The third-order valence-electron chi connectivity index (χ3n) is 3.90. The Hall–Kier alpha value is -1.67. The van der Waals surface area contributed by atoms with E-state index in [0.717, 1.165) is 18.9 Å². The highest BCUT2D eigenvalue weighted by atomic mass is 14.9. The van der Waals surface area contributed by atoms with E-state index in [0.29, 0.717) is 0 Å². The topological polar surface area (TPSA) is 24.9 Å². The highest BCUT2D eigenvalue weighted by Gasteiger charge is 2.15. The Labute approximate surface area is 114 Å². The Kier molecular flexibility index (Phi) is 3.89. The number of aromatic nitrogens is 1.